The van der Waals surface area contributed by atoms with E-state index in [0.29, 0.717) is 17.7 Å². The summed E-state index contributed by atoms with van der Waals surface area (Å²) in [7, 11) is 0. The summed E-state index contributed by atoms with van der Waals surface area (Å²) in [5, 5.41) is 14.7. The van der Waals surface area contributed by atoms with Crippen molar-refractivity contribution in [2.45, 2.75) is 38.6 Å². The van der Waals surface area contributed by atoms with E-state index in [9.17, 15) is 9.59 Å². The van der Waals surface area contributed by atoms with E-state index in [1.54, 1.807) is 24.3 Å². The molecule has 0 aromatic heterocycles. The summed E-state index contributed by atoms with van der Waals surface area (Å²) < 4.78 is 0. The van der Waals surface area contributed by atoms with Gasteiger partial charge in [-0.25, -0.2) is 0 Å². The number of hydrogen-bond acceptors (Lipinski definition) is 3. The molecule has 1 unspecified atom stereocenters. The second-order valence-electron chi connectivity index (χ2n) is 5.44. The molecule has 21 heavy (non-hydrogen) atoms. The van der Waals surface area contributed by atoms with Crippen molar-refractivity contribution < 1.29 is 14.7 Å². The minimum Gasteiger partial charge on any atom is -0.396 e. The molecule has 1 aliphatic rings. The highest BCUT2D eigenvalue weighted by Crippen LogP contribution is 2.30. The number of hydrogen-bond donors (Lipinski definition) is 3. The van der Waals surface area contributed by atoms with Gasteiger partial charge in [-0.15, -0.1) is 0 Å². The normalized spacial score (nSPS) is 15.3. The van der Waals surface area contributed by atoms with Gasteiger partial charge in [-0.1, -0.05) is 13.0 Å². The van der Waals surface area contributed by atoms with Crippen LogP contribution in [0.1, 0.15) is 43.0 Å². The molecule has 1 aromatic rings. The zero-order valence-electron chi connectivity index (χ0n) is 12.3. The molecule has 1 saturated carbocycles. The average molecular weight is 290 g/mol. The van der Waals surface area contributed by atoms with Crippen molar-refractivity contribution in [3.05, 3.63) is 29.8 Å². The third kappa shape index (κ3) is 4.56. The van der Waals surface area contributed by atoms with Crippen LogP contribution in [0.4, 0.5) is 5.69 Å². The number of carbonyl (C=O) groups is 2. The number of rotatable bonds is 7. The van der Waals surface area contributed by atoms with Gasteiger partial charge in [0.05, 0.1) is 0 Å². The molecule has 0 aliphatic heterocycles. The van der Waals surface area contributed by atoms with E-state index in [1.165, 1.54) is 0 Å². The first-order valence-electron chi connectivity index (χ1n) is 7.46. The van der Waals surface area contributed by atoms with E-state index >= 15 is 0 Å². The maximum Gasteiger partial charge on any atom is 0.251 e. The first-order valence-corrected chi connectivity index (χ1v) is 7.46. The highest BCUT2D eigenvalue weighted by molar-refractivity contribution is 5.98. The molecule has 1 atom stereocenters. The van der Waals surface area contributed by atoms with Crippen LogP contribution in [0, 0.1) is 5.92 Å². The van der Waals surface area contributed by atoms with Crippen LogP contribution in [0.15, 0.2) is 24.3 Å². The van der Waals surface area contributed by atoms with E-state index in [1.807, 2.05) is 6.92 Å². The molecule has 3 N–H and O–H groups in total. The zero-order chi connectivity index (χ0) is 15.2. The zero-order valence-corrected chi connectivity index (χ0v) is 12.3. The molecule has 2 amide bonds. The Bertz CT molecular complexity index is 512. The molecule has 0 saturated heterocycles. The van der Waals surface area contributed by atoms with Crippen LogP contribution in [0.3, 0.4) is 0 Å². The van der Waals surface area contributed by atoms with Crippen LogP contribution in [0.5, 0.6) is 0 Å². The Morgan fingerprint density at radius 3 is 2.76 bits per heavy atom. The summed E-state index contributed by atoms with van der Waals surface area (Å²) >= 11 is 0. The smallest absolute Gasteiger partial charge is 0.251 e. The lowest BCUT2D eigenvalue weighted by molar-refractivity contribution is -0.117. The predicted octanol–water partition coefficient (Wildman–Crippen LogP) is 1.93. The van der Waals surface area contributed by atoms with Crippen molar-refractivity contribution in [1.29, 1.82) is 0 Å². The summed E-state index contributed by atoms with van der Waals surface area (Å²) in [4.78, 5) is 23.9. The van der Waals surface area contributed by atoms with Gasteiger partial charge in [0.15, 0.2) is 0 Å². The van der Waals surface area contributed by atoms with Gasteiger partial charge >= 0.3 is 0 Å². The number of amides is 2. The van der Waals surface area contributed by atoms with Crippen LogP contribution < -0.4 is 10.6 Å². The highest BCUT2D eigenvalue weighted by Gasteiger charge is 2.29. The van der Waals surface area contributed by atoms with E-state index in [-0.39, 0.29) is 30.4 Å². The summed E-state index contributed by atoms with van der Waals surface area (Å²) in [6, 6.07) is 6.90. The van der Waals surface area contributed by atoms with Crippen LogP contribution in [-0.4, -0.2) is 29.6 Å². The second-order valence-corrected chi connectivity index (χ2v) is 5.44. The minimum absolute atomic E-state index is 0.0271. The van der Waals surface area contributed by atoms with Gasteiger partial charge in [0.2, 0.25) is 5.91 Å². The molecule has 0 bridgehead atoms. The maximum absolute atomic E-state index is 12.2. The number of aliphatic hydroxyl groups is 1. The third-order valence-corrected chi connectivity index (χ3v) is 3.65. The van der Waals surface area contributed by atoms with Gasteiger partial charge < -0.3 is 15.7 Å². The Hall–Kier alpha value is -1.88. The molecule has 0 heterocycles. The quantitative estimate of drug-likeness (QED) is 0.718. The summed E-state index contributed by atoms with van der Waals surface area (Å²) in [5.41, 5.74) is 1.16. The van der Waals surface area contributed by atoms with E-state index in [4.69, 9.17) is 5.11 Å². The Labute approximate surface area is 124 Å². The summed E-state index contributed by atoms with van der Waals surface area (Å²) in [5.74, 6) is -0.0198. The molecular formula is C16H22N2O3. The molecule has 114 valence electrons. The maximum atomic E-state index is 12.2. The fraction of sp³-hybridized carbons (Fsp3) is 0.500. The van der Waals surface area contributed by atoms with Gasteiger partial charge in [0.1, 0.15) is 0 Å². The first kappa shape index (κ1) is 15.5. The molecule has 5 nitrogen and oxygen atoms in total. The molecule has 0 radical (unpaired) electrons. The summed E-state index contributed by atoms with van der Waals surface area (Å²) in [6.45, 7) is 2.02. The van der Waals surface area contributed by atoms with Gasteiger partial charge in [-0.3, -0.25) is 9.59 Å². The fourth-order valence-corrected chi connectivity index (χ4v) is 2.13. The van der Waals surface area contributed by atoms with Crippen LogP contribution >= 0.6 is 0 Å². The molecular weight excluding hydrogens is 268 g/mol. The average Bonchev–Trinajstić information content (AvgIpc) is 3.31. The predicted molar refractivity (Wildman–Crippen MR) is 81.0 cm³/mol. The summed E-state index contributed by atoms with van der Waals surface area (Å²) in [6.07, 6.45) is 3.21. The second kappa shape index (κ2) is 7.22. The third-order valence-electron chi connectivity index (χ3n) is 3.65. The largest absolute Gasteiger partial charge is 0.396 e. The monoisotopic (exact) mass is 290 g/mol. The van der Waals surface area contributed by atoms with Gasteiger partial charge in [-0.2, -0.15) is 0 Å². The Morgan fingerprint density at radius 1 is 1.38 bits per heavy atom. The molecule has 1 aliphatic carbocycles. The van der Waals surface area contributed by atoms with Crippen molar-refractivity contribution in [3.8, 4) is 0 Å². The lowest BCUT2D eigenvalue weighted by Crippen LogP contribution is -2.35. The number of aliphatic hydroxyl groups excluding tert-OH is 1. The van der Waals surface area contributed by atoms with Gasteiger partial charge in [0.25, 0.3) is 5.91 Å². The molecule has 5 heteroatoms. The molecule has 1 fully saturated rings. The SMILES string of the molecule is CCC(CCO)NC(=O)c1cccc(NC(=O)C2CC2)c1. The number of benzene rings is 1. The van der Waals surface area contributed by atoms with Gasteiger partial charge in [0, 0.05) is 29.8 Å². The van der Waals surface area contributed by atoms with Crippen LogP contribution in [0.25, 0.3) is 0 Å². The Kier molecular flexibility index (Phi) is 5.33. The van der Waals surface area contributed by atoms with Gasteiger partial charge in [-0.05, 0) is 43.9 Å². The Morgan fingerprint density at radius 2 is 2.14 bits per heavy atom. The highest BCUT2D eigenvalue weighted by atomic mass is 16.3. The minimum atomic E-state index is -0.183. The van der Waals surface area contributed by atoms with E-state index in [0.717, 1.165) is 19.3 Å². The fourth-order valence-electron chi connectivity index (χ4n) is 2.13. The topological polar surface area (TPSA) is 78.4 Å². The standard InChI is InChI=1S/C16H22N2O3/c1-2-13(8-9-19)17-16(21)12-4-3-5-14(10-12)18-15(20)11-6-7-11/h3-5,10-11,13,19H,2,6-9H2,1H3,(H,17,21)(H,18,20). The van der Waals surface area contributed by atoms with Crippen molar-refractivity contribution in [3.63, 3.8) is 0 Å². The number of carbonyl (C=O) groups excluding carboxylic acids is 2. The first-order chi connectivity index (χ1) is 10.1. The Balaban J connectivity index is 1.98. The van der Waals surface area contributed by atoms with Crippen molar-refractivity contribution >= 4 is 17.5 Å². The van der Waals surface area contributed by atoms with Crippen molar-refractivity contribution in [1.82, 2.24) is 5.32 Å². The van der Waals surface area contributed by atoms with E-state index < -0.39 is 0 Å². The van der Waals surface area contributed by atoms with Crippen LogP contribution in [0.2, 0.25) is 0 Å². The lowest BCUT2D eigenvalue weighted by atomic mass is 10.1. The van der Waals surface area contributed by atoms with Crippen molar-refractivity contribution in [2.75, 3.05) is 11.9 Å². The molecule has 0 spiro atoms. The van der Waals surface area contributed by atoms with Crippen LogP contribution in [-0.2, 0) is 4.79 Å². The molecule has 1 aromatic carbocycles. The number of anilines is 1. The lowest BCUT2D eigenvalue weighted by Gasteiger charge is -2.16. The number of nitrogens with one attached hydrogen (secondary N) is 2. The molecule has 2 rings (SSSR count). The van der Waals surface area contributed by atoms with Crippen molar-refractivity contribution in [2.24, 2.45) is 5.92 Å². The van der Waals surface area contributed by atoms with E-state index in [2.05, 4.69) is 10.6 Å².